The molecule has 0 saturated carbocycles. The first-order valence-electron chi connectivity index (χ1n) is 8.79. The van der Waals surface area contributed by atoms with Crippen molar-refractivity contribution in [1.29, 1.82) is 0 Å². The Bertz CT molecular complexity index is 897. The summed E-state index contributed by atoms with van der Waals surface area (Å²) in [6.07, 6.45) is -1.33. The molecule has 2 aromatic carbocycles. The molecule has 0 aromatic heterocycles. The van der Waals surface area contributed by atoms with Crippen LogP contribution in [0.1, 0.15) is 22.0 Å². The molecule has 9 heteroatoms. The topological polar surface area (TPSA) is 112 Å². The van der Waals surface area contributed by atoms with Gasteiger partial charge in [-0.3, -0.25) is 10.1 Å². The predicted molar refractivity (Wildman–Crippen MR) is 101 cm³/mol. The van der Waals surface area contributed by atoms with E-state index in [1.54, 1.807) is 30.3 Å². The van der Waals surface area contributed by atoms with Crippen LogP contribution < -0.4 is 24.8 Å². The summed E-state index contributed by atoms with van der Waals surface area (Å²) in [6, 6.07) is 10.6. The van der Waals surface area contributed by atoms with Gasteiger partial charge < -0.3 is 24.3 Å². The van der Waals surface area contributed by atoms with E-state index in [0.717, 1.165) is 0 Å². The van der Waals surface area contributed by atoms with Gasteiger partial charge in [0, 0.05) is 12.6 Å². The zero-order chi connectivity index (χ0) is 20.8. The van der Waals surface area contributed by atoms with Gasteiger partial charge in [0.25, 0.3) is 5.91 Å². The monoisotopic (exact) mass is 400 g/mol. The molecule has 0 saturated heterocycles. The van der Waals surface area contributed by atoms with Crippen molar-refractivity contribution in [1.82, 2.24) is 10.6 Å². The molecule has 0 spiro atoms. The number of nitrogens with one attached hydrogen (secondary N) is 2. The summed E-state index contributed by atoms with van der Waals surface area (Å²) < 4.78 is 21.7. The van der Waals surface area contributed by atoms with E-state index in [1.807, 2.05) is 0 Å². The highest BCUT2D eigenvalue weighted by molar-refractivity contribution is 5.99. The average molecular weight is 400 g/mol. The van der Waals surface area contributed by atoms with E-state index in [9.17, 15) is 14.4 Å². The molecule has 0 fully saturated rings. The number of rotatable bonds is 5. The van der Waals surface area contributed by atoms with Crippen LogP contribution >= 0.6 is 0 Å². The molecule has 9 nitrogen and oxygen atoms in total. The third kappa shape index (κ3) is 4.57. The molecule has 2 N–H and O–H groups in total. The fourth-order valence-corrected chi connectivity index (χ4v) is 2.71. The van der Waals surface area contributed by atoms with Gasteiger partial charge in [-0.1, -0.05) is 30.3 Å². The first kappa shape index (κ1) is 20.0. The second-order valence-corrected chi connectivity index (χ2v) is 5.97. The van der Waals surface area contributed by atoms with Gasteiger partial charge in [0.2, 0.25) is 11.9 Å². The molecule has 2 aromatic rings. The molecular weight excluding hydrogens is 380 g/mol. The van der Waals surface area contributed by atoms with Gasteiger partial charge in [0.05, 0.1) is 12.7 Å². The van der Waals surface area contributed by atoms with Gasteiger partial charge in [-0.2, -0.15) is 0 Å². The Hall–Kier alpha value is -3.75. The molecule has 0 aliphatic carbocycles. The molecule has 29 heavy (non-hydrogen) atoms. The predicted octanol–water partition coefficient (Wildman–Crippen LogP) is 1.82. The van der Waals surface area contributed by atoms with Gasteiger partial charge in [-0.25, -0.2) is 9.59 Å². The van der Waals surface area contributed by atoms with Crippen molar-refractivity contribution in [2.45, 2.75) is 6.10 Å². The van der Waals surface area contributed by atoms with E-state index in [1.165, 1.54) is 26.3 Å². The summed E-state index contributed by atoms with van der Waals surface area (Å²) in [4.78, 5) is 36.8. The molecule has 1 atom stereocenters. The van der Waals surface area contributed by atoms with E-state index in [-0.39, 0.29) is 5.56 Å². The van der Waals surface area contributed by atoms with Crippen molar-refractivity contribution in [3.8, 4) is 17.2 Å². The molecule has 0 unspecified atom stereocenters. The summed E-state index contributed by atoms with van der Waals surface area (Å²) >= 11 is 0. The summed E-state index contributed by atoms with van der Waals surface area (Å²) in [7, 11) is 2.81. The SMILES string of the molecule is CNC(=O)NC(=O)[C@H](OC(=O)c1cc(OC)c2c(c1)OCCO2)c1ccccc1. The molecular formula is C20H20N2O7. The smallest absolute Gasteiger partial charge is 0.339 e. The van der Waals surface area contributed by atoms with Crippen molar-refractivity contribution < 1.29 is 33.3 Å². The van der Waals surface area contributed by atoms with Crippen LogP contribution in [0.4, 0.5) is 4.79 Å². The molecule has 152 valence electrons. The van der Waals surface area contributed by atoms with Crippen LogP contribution in [0.3, 0.4) is 0 Å². The maximum absolute atomic E-state index is 12.8. The van der Waals surface area contributed by atoms with E-state index < -0.39 is 24.0 Å². The van der Waals surface area contributed by atoms with Gasteiger partial charge in [0.1, 0.15) is 13.2 Å². The van der Waals surface area contributed by atoms with E-state index >= 15 is 0 Å². The minimum Gasteiger partial charge on any atom is -0.493 e. The number of hydrogen-bond acceptors (Lipinski definition) is 7. The van der Waals surface area contributed by atoms with Gasteiger partial charge in [-0.15, -0.1) is 0 Å². The normalized spacial score (nSPS) is 13.0. The van der Waals surface area contributed by atoms with Crippen molar-refractivity contribution in [3.63, 3.8) is 0 Å². The quantitative estimate of drug-likeness (QED) is 0.736. The highest BCUT2D eigenvalue weighted by Gasteiger charge is 2.28. The van der Waals surface area contributed by atoms with Gasteiger partial charge >= 0.3 is 12.0 Å². The standard InChI is InChI=1S/C20H20N2O7/c1-21-20(25)22-18(23)16(12-6-4-3-5-7-12)29-19(24)13-10-14(26-2)17-15(11-13)27-8-9-28-17/h3-7,10-11,16H,8-9H2,1-2H3,(H2,21,22,23,25)/t16-/m1/s1. The number of esters is 1. The summed E-state index contributed by atoms with van der Waals surface area (Å²) in [5.74, 6) is -0.532. The fraction of sp³-hybridized carbons (Fsp3) is 0.250. The summed E-state index contributed by atoms with van der Waals surface area (Å²) in [5, 5.41) is 4.40. The average Bonchev–Trinajstić information content (AvgIpc) is 2.76. The highest BCUT2D eigenvalue weighted by atomic mass is 16.6. The lowest BCUT2D eigenvalue weighted by atomic mass is 10.1. The minimum atomic E-state index is -1.33. The number of benzene rings is 2. The zero-order valence-corrected chi connectivity index (χ0v) is 15.9. The lowest BCUT2D eigenvalue weighted by Gasteiger charge is -2.22. The third-order valence-electron chi connectivity index (χ3n) is 4.09. The Morgan fingerprint density at radius 2 is 1.79 bits per heavy atom. The Morgan fingerprint density at radius 1 is 1.07 bits per heavy atom. The molecule has 1 heterocycles. The molecule has 1 aliphatic rings. The number of carbonyl (C=O) groups excluding carboxylic acids is 3. The number of methoxy groups -OCH3 is 1. The van der Waals surface area contributed by atoms with Crippen LogP contribution in [-0.2, 0) is 9.53 Å². The Kier molecular flexibility index (Phi) is 6.18. The van der Waals surface area contributed by atoms with Crippen LogP contribution in [0.5, 0.6) is 17.2 Å². The second-order valence-electron chi connectivity index (χ2n) is 5.97. The van der Waals surface area contributed by atoms with Crippen molar-refractivity contribution in [2.24, 2.45) is 0 Å². The number of imide groups is 1. The van der Waals surface area contributed by atoms with E-state index in [2.05, 4.69) is 10.6 Å². The molecule has 3 amide bonds. The number of ether oxygens (including phenoxy) is 4. The molecule has 1 aliphatic heterocycles. The number of urea groups is 1. The first-order chi connectivity index (χ1) is 14.0. The molecule has 0 bridgehead atoms. The van der Waals surface area contributed by atoms with Gasteiger partial charge in [0.15, 0.2) is 11.5 Å². The Morgan fingerprint density at radius 3 is 2.48 bits per heavy atom. The fourth-order valence-electron chi connectivity index (χ4n) is 2.71. The number of carbonyl (C=O) groups is 3. The lowest BCUT2D eigenvalue weighted by Crippen LogP contribution is -2.41. The van der Waals surface area contributed by atoms with Crippen LogP contribution in [0.2, 0.25) is 0 Å². The molecule has 0 radical (unpaired) electrons. The minimum absolute atomic E-state index is 0.111. The zero-order valence-electron chi connectivity index (χ0n) is 15.9. The van der Waals surface area contributed by atoms with Crippen LogP contribution in [-0.4, -0.2) is 45.3 Å². The van der Waals surface area contributed by atoms with Crippen molar-refractivity contribution in [3.05, 3.63) is 53.6 Å². The third-order valence-corrected chi connectivity index (χ3v) is 4.09. The molecule has 3 rings (SSSR count). The summed E-state index contributed by atoms with van der Waals surface area (Å²) in [6.45, 7) is 0.693. The van der Waals surface area contributed by atoms with Crippen molar-refractivity contribution >= 4 is 17.9 Å². The Balaban J connectivity index is 1.88. The van der Waals surface area contributed by atoms with Crippen LogP contribution in [0.15, 0.2) is 42.5 Å². The Labute approximate surface area is 166 Å². The second kappa shape index (κ2) is 8.96. The number of hydrogen-bond donors (Lipinski definition) is 2. The van der Waals surface area contributed by atoms with E-state index in [0.29, 0.717) is 36.0 Å². The number of amides is 3. The highest BCUT2D eigenvalue weighted by Crippen LogP contribution is 2.40. The van der Waals surface area contributed by atoms with Crippen LogP contribution in [0, 0.1) is 0 Å². The lowest BCUT2D eigenvalue weighted by molar-refractivity contribution is -0.129. The van der Waals surface area contributed by atoms with Crippen LogP contribution in [0.25, 0.3) is 0 Å². The van der Waals surface area contributed by atoms with Gasteiger partial charge in [-0.05, 0) is 12.1 Å². The van der Waals surface area contributed by atoms with E-state index in [4.69, 9.17) is 18.9 Å². The maximum atomic E-state index is 12.8. The maximum Gasteiger partial charge on any atom is 0.339 e. The summed E-state index contributed by atoms with van der Waals surface area (Å²) in [5.41, 5.74) is 0.520. The largest absolute Gasteiger partial charge is 0.493 e. The number of fused-ring (bicyclic) bond motifs is 1. The van der Waals surface area contributed by atoms with Crippen molar-refractivity contribution in [2.75, 3.05) is 27.4 Å². The first-order valence-corrected chi connectivity index (χ1v) is 8.79.